The van der Waals surface area contributed by atoms with Crippen LogP contribution in [0.15, 0.2) is 0 Å². The molecule has 0 aromatic heterocycles. The van der Waals surface area contributed by atoms with Crippen LogP contribution in [-0.2, 0) is 4.79 Å². The van der Waals surface area contributed by atoms with Gasteiger partial charge in [-0.3, -0.25) is 9.59 Å². The van der Waals surface area contributed by atoms with E-state index in [9.17, 15) is 9.59 Å². The van der Waals surface area contributed by atoms with E-state index >= 15 is 0 Å². The molecule has 0 aromatic carbocycles. The average Bonchev–Trinajstić information content (AvgIpc) is 2.67. The normalized spacial score (nSPS) is 24.5. The van der Waals surface area contributed by atoms with Crippen LogP contribution in [0.3, 0.4) is 0 Å². The second-order valence-corrected chi connectivity index (χ2v) is 9.29. The predicted molar refractivity (Wildman–Crippen MR) is 109 cm³/mol. The average molecular weight is 460 g/mol. The minimum absolute atomic E-state index is 0.200. The van der Waals surface area contributed by atoms with Gasteiger partial charge in [-0.25, -0.2) is 0 Å². The molecule has 0 unspecified atom stereocenters. The minimum atomic E-state index is 0.200. The first-order valence-corrected chi connectivity index (χ1v) is 11.4. The number of hydrogen-bond acceptors (Lipinski definition) is 2. The third kappa shape index (κ3) is 5.57. The van der Waals surface area contributed by atoms with Gasteiger partial charge in [0.05, 0.1) is 0 Å². The predicted octanol–water partition coefficient (Wildman–Crippen LogP) is 4.85. The number of carbonyl (C=O) groups is 2. The lowest BCUT2D eigenvalue weighted by Gasteiger charge is -2.36. The van der Waals surface area contributed by atoms with Crippen LogP contribution in [0.2, 0.25) is 0 Å². The molecule has 25 heavy (non-hydrogen) atoms. The van der Waals surface area contributed by atoms with Crippen molar-refractivity contribution in [3.05, 3.63) is 0 Å². The zero-order chi connectivity index (χ0) is 17.6. The molecule has 5 heteroatoms. The van der Waals surface area contributed by atoms with Crippen LogP contribution in [0.1, 0.15) is 70.6 Å². The molecule has 2 amide bonds. The van der Waals surface area contributed by atoms with Crippen molar-refractivity contribution in [3.63, 3.8) is 0 Å². The van der Waals surface area contributed by atoms with E-state index in [4.69, 9.17) is 0 Å². The van der Waals surface area contributed by atoms with Gasteiger partial charge in [-0.2, -0.15) is 0 Å². The summed E-state index contributed by atoms with van der Waals surface area (Å²) in [7, 11) is 0. The first-order chi connectivity index (χ1) is 12.1. The Hall–Kier alpha value is -0.330. The maximum Gasteiger partial charge on any atom is 0.283 e. The molecule has 0 bridgehead atoms. The van der Waals surface area contributed by atoms with Crippen LogP contribution in [0.5, 0.6) is 0 Å². The molecule has 0 atom stereocenters. The van der Waals surface area contributed by atoms with Crippen molar-refractivity contribution in [2.75, 3.05) is 26.2 Å². The van der Waals surface area contributed by atoms with Crippen molar-refractivity contribution in [1.29, 1.82) is 0 Å². The van der Waals surface area contributed by atoms with Crippen LogP contribution >= 0.6 is 22.6 Å². The second kappa shape index (κ2) is 9.56. The van der Waals surface area contributed by atoms with E-state index < -0.39 is 0 Å². The van der Waals surface area contributed by atoms with Crippen molar-refractivity contribution in [2.45, 2.75) is 70.6 Å². The number of likely N-dealkylation sites (tertiary alicyclic amines) is 2. The van der Waals surface area contributed by atoms with Gasteiger partial charge in [-0.05, 0) is 50.4 Å². The van der Waals surface area contributed by atoms with E-state index in [0.717, 1.165) is 50.9 Å². The van der Waals surface area contributed by atoms with E-state index in [1.54, 1.807) is 0 Å². The summed E-state index contributed by atoms with van der Waals surface area (Å²) in [5.41, 5.74) is 0. The molecule has 3 aliphatic rings. The Morgan fingerprint density at radius 1 is 0.720 bits per heavy atom. The van der Waals surface area contributed by atoms with E-state index in [1.165, 1.54) is 57.8 Å². The van der Waals surface area contributed by atoms with Crippen LogP contribution < -0.4 is 0 Å². The molecule has 3 rings (SSSR count). The molecule has 2 aliphatic heterocycles. The fourth-order valence-electron chi connectivity index (χ4n) is 4.92. The van der Waals surface area contributed by atoms with E-state index in [0.29, 0.717) is 11.8 Å². The van der Waals surface area contributed by atoms with Crippen molar-refractivity contribution in [1.82, 2.24) is 9.80 Å². The van der Waals surface area contributed by atoms with Gasteiger partial charge in [-0.1, -0.05) is 32.1 Å². The highest BCUT2D eigenvalue weighted by atomic mass is 127. The minimum Gasteiger partial charge on any atom is -0.342 e. The summed E-state index contributed by atoms with van der Waals surface area (Å²) in [6.45, 7) is 3.87. The number of amides is 2. The number of carbonyl (C=O) groups excluding carboxylic acids is 2. The van der Waals surface area contributed by atoms with Gasteiger partial charge in [0.1, 0.15) is 0 Å². The molecule has 142 valence electrons. The van der Waals surface area contributed by atoms with Crippen LogP contribution in [-0.4, -0.2) is 45.8 Å². The monoisotopic (exact) mass is 460 g/mol. The number of piperidine rings is 2. The fourth-order valence-corrected chi connectivity index (χ4v) is 5.40. The summed E-state index contributed by atoms with van der Waals surface area (Å²) in [6, 6.07) is 0. The summed E-state index contributed by atoms with van der Waals surface area (Å²) < 4.78 is 0.200. The first kappa shape index (κ1) is 19.4. The van der Waals surface area contributed by atoms with Crippen LogP contribution in [0, 0.1) is 17.8 Å². The van der Waals surface area contributed by atoms with Crippen LogP contribution in [0.25, 0.3) is 0 Å². The van der Waals surface area contributed by atoms with Gasteiger partial charge >= 0.3 is 0 Å². The summed E-state index contributed by atoms with van der Waals surface area (Å²) in [5, 5.41) is 0. The van der Waals surface area contributed by atoms with Gasteiger partial charge < -0.3 is 9.80 Å². The van der Waals surface area contributed by atoms with Crippen LogP contribution in [0.4, 0.5) is 4.79 Å². The highest BCUT2D eigenvalue weighted by molar-refractivity contribution is 14.1. The van der Waals surface area contributed by atoms with E-state index in [1.807, 2.05) is 27.5 Å². The Morgan fingerprint density at radius 3 is 1.68 bits per heavy atom. The Kier molecular flexibility index (Phi) is 7.43. The van der Waals surface area contributed by atoms with Crippen molar-refractivity contribution >= 4 is 32.4 Å². The van der Waals surface area contributed by atoms with Gasteiger partial charge in [0, 0.05) is 54.7 Å². The lowest BCUT2D eigenvalue weighted by Crippen LogP contribution is -2.42. The molecule has 0 N–H and O–H groups in total. The second-order valence-electron chi connectivity index (χ2n) is 8.36. The Bertz CT molecular complexity index is 449. The number of rotatable bonds is 4. The fraction of sp³-hybridized carbons (Fsp3) is 0.900. The molecule has 1 saturated carbocycles. The Balaban J connectivity index is 1.33. The third-order valence-corrected chi connectivity index (χ3v) is 7.41. The molecular weight excluding hydrogens is 427 g/mol. The lowest BCUT2D eigenvalue weighted by atomic mass is 9.84. The third-order valence-electron chi connectivity index (χ3n) is 6.73. The highest BCUT2D eigenvalue weighted by Crippen LogP contribution is 2.31. The largest absolute Gasteiger partial charge is 0.342 e. The van der Waals surface area contributed by atoms with Crippen molar-refractivity contribution in [2.24, 2.45) is 17.8 Å². The van der Waals surface area contributed by atoms with Gasteiger partial charge in [-0.15, -0.1) is 0 Å². The highest BCUT2D eigenvalue weighted by Gasteiger charge is 2.29. The molecule has 3 fully saturated rings. The van der Waals surface area contributed by atoms with Gasteiger partial charge in [0.25, 0.3) is 3.91 Å². The number of hydrogen-bond donors (Lipinski definition) is 0. The summed E-state index contributed by atoms with van der Waals surface area (Å²) >= 11 is 1.90. The molecule has 4 nitrogen and oxygen atoms in total. The Morgan fingerprint density at radius 2 is 1.20 bits per heavy atom. The summed E-state index contributed by atoms with van der Waals surface area (Å²) in [6.07, 6.45) is 13.4. The van der Waals surface area contributed by atoms with Crippen molar-refractivity contribution < 1.29 is 9.59 Å². The molecular formula is C20H33IN2O2. The smallest absolute Gasteiger partial charge is 0.283 e. The van der Waals surface area contributed by atoms with E-state index in [-0.39, 0.29) is 3.91 Å². The van der Waals surface area contributed by atoms with Gasteiger partial charge in [0.2, 0.25) is 5.91 Å². The first-order valence-electron chi connectivity index (χ1n) is 10.4. The summed E-state index contributed by atoms with van der Waals surface area (Å²) in [4.78, 5) is 28.2. The quantitative estimate of drug-likeness (QED) is 0.342. The summed E-state index contributed by atoms with van der Waals surface area (Å²) in [5.74, 6) is 2.39. The topological polar surface area (TPSA) is 40.6 Å². The molecule has 2 heterocycles. The number of halogens is 1. The zero-order valence-electron chi connectivity index (χ0n) is 15.4. The van der Waals surface area contributed by atoms with E-state index in [2.05, 4.69) is 4.90 Å². The number of nitrogens with zero attached hydrogens (tertiary/aromatic N) is 2. The SMILES string of the molecule is O=C(I)N1CCC(CCC2CCN(C(=O)C3CCCCC3)CC2)CC1. The lowest BCUT2D eigenvalue weighted by molar-refractivity contribution is -0.138. The Labute approximate surface area is 166 Å². The maximum atomic E-state index is 12.6. The standard InChI is InChI=1S/C20H33IN2O2/c21-20(25)23-14-10-17(11-15-23)7-6-16-8-12-22(13-9-16)19(24)18-4-2-1-3-5-18/h16-18H,1-15H2. The molecule has 0 aromatic rings. The molecule has 2 saturated heterocycles. The zero-order valence-corrected chi connectivity index (χ0v) is 17.6. The molecule has 1 aliphatic carbocycles. The molecule has 0 radical (unpaired) electrons. The van der Waals surface area contributed by atoms with Crippen molar-refractivity contribution in [3.8, 4) is 0 Å². The van der Waals surface area contributed by atoms with Gasteiger partial charge in [0.15, 0.2) is 0 Å². The molecule has 0 spiro atoms. The maximum absolute atomic E-state index is 12.6.